The van der Waals surface area contributed by atoms with Gasteiger partial charge in [-0.15, -0.1) is 0 Å². The maximum absolute atomic E-state index is 5.31. The lowest BCUT2D eigenvalue weighted by Crippen LogP contribution is -1.99. The first-order chi connectivity index (χ1) is 9.31. The van der Waals surface area contributed by atoms with Gasteiger partial charge in [-0.25, -0.2) is 0 Å². The summed E-state index contributed by atoms with van der Waals surface area (Å²) in [4.78, 5) is 0. The Labute approximate surface area is 114 Å². The standard InChI is InChI=1S/C17H19NO/c1-14-8-3-5-11-16(14)18-13-7-10-15-9-4-6-12-17(15)19-2/h3-12,18H,13H2,1-2H3. The van der Waals surface area contributed by atoms with E-state index in [4.69, 9.17) is 4.74 Å². The zero-order chi connectivity index (χ0) is 13.5. The lowest BCUT2D eigenvalue weighted by Gasteiger charge is -2.07. The predicted octanol–water partition coefficient (Wildman–Crippen LogP) is 4.13. The third-order valence-corrected chi connectivity index (χ3v) is 2.99. The van der Waals surface area contributed by atoms with Crippen LogP contribution in [0.15, 0.2) is 54.6 Å². The average molecular weight is 253 g/mol. The van der Waals surface area contributed by atoms with Crippen molar-refractivity contribution < 1.29 is 4.74 Å². The van der Waals surface area contributed by atoms with Crippen LogP contribution in [0.5, 0.6) is 5.75 Å². The van der Waals surface area contributed by atoms with Crippen LogP contribution in [0.3, 0.4) is 0 Å². The number of ether oxygens (including phenoxy) is 1. The van der Waals surface area contributed by atoms with Gasteiger partial charge in [-0.2, -0.15) is 0 Å². The van der Waals surface area contributed by atoms with Crippen LogP contribution in [0.1, 0.15) is 11.1 Å². The lowest BCUT2D eigenvalue weighted by molar-refractivity contribution is 0.414. The van der Waals surface area contributed by atoms with Crippen molar-refractivity contribution in [1.29, 1.82) is 0 Å². The molecule has 98 valence electrons. The number of anilines is 1. The first-order valence-corrected chi connectivity index (χ1v) is 6.40. The van der Waals surface area contributed by atoms with Gasteiger partial charge >= 0.3 is 0 Å². The maximum atomic E-state index is 5.31. The van der Waals surface area contributed by atoms with E-state index in [1.165, 1.54) is 11.3 Å². The number of hydrogen-bond donors (Lipinski definition) is 1. The molecule has 0 saturated carbocycles. The molecule has 0 heterocycles. The predicted molar refractivity (Wildman–Crippen MR) is 81.7 cm³/mol. The second-order valence-corrected chi connectivity index (χ2v) is 4.34. The zero-order valence-electron chi connectivity index (χ0n) is 11.4. The van der Waals surface area contributed by atoms with E-state index in [1.54, 1.807) is 7.11 Å². The molecule has 1 N–H and O–H groups in total. The number of methoxy groups -OCH3 is 1. The van der Waals surface area contributed by atoms with Crippen LogP contribution in [-0.2, 0) is 0 Å². The third-order valence-electron chi connectivity index (χ3n) is 2.99. The average Bonchev–Trinajstić information content (AvgIpc) is 2.45. The summed E-state index contributed by atoms with van der Waals surface area (Å²) in [7, 11) is 1.69. The minimum atomic E-state index is 0.795. The Balaban J connectivity index is 1.96. The van der Waals surface area contributed by atoms with Gasteiger partial charge in [0.05, 0.1) is 7.11 Å². The Morgan fingerprint density at radius 3 is 2.58 bits per heavy atom. The van der Waals surface area contributed by atoms with Gasteiger partial charge in [-0.3, -0.25) is 0 Å². The molecule has 0 aromatic heterocycles. The van der Waals surface area contributed by atoms with Crippen molar-refractivity contribution >= 4 is 11.8 Å². The summed E-state index contributed by atoms with van der Waals surface area (Å²) in [6, 6.07) is 16.3. The molecule has 0 unspecified atom stereocenters. The monoisotopic (exact) mass is 253 g/mol. The fourth-order valence-corrected chi connectivity index (χ4v) is 1.93. The molecule has 0 bridgehead atoms. The molecule has 0 amide bonds. The summed E-state index contributed by atoms with van der Waals surface area (Å²) in [5.41, 5.74) is 3.52. The van der Waals surface area contributed by atoms with E-state index in [2.05, 4.69) is 36.5 Å². The molecule has 2 rings (SSSR count). The fourth-order valence-electron chi connectivity index (χ4n) is 1.93. The van der Waals surface area contributed by atoms with Crippen LogP contribution in [0, 0.1) is 6.92 Å². The molecule has 0 spiro atoms. The van der Waals surface area contributed by atoms with Gasteiger partial charge < -0.3 is 10.1 Å². The highest BCUT2D eigenvalue weighted by molar-refractivity contribution is 5.58. The van der Waals surface area contributed by atoms with Crippen LogP contribution in [0.25, 0.3) is 6.08 Å². The van der Waals surface area contributed by atoms with Gasteiger partial charge in [0, 0.05) is 17.8 Å². The summed E-state index contributed by atoms with van der Waals surface area (Å²) in [5.74, 6) is 0.898. The number of aryl methyl sites for hydroxylation is 1. The van der Waals surface area contributed by atoms with Crippen molar-refractivity contribution in [2.24, 2.45) is 0 Å². The molecule has 0 aliphatic heterocycles. The molecular weight excluding hydrogens is 234 g/mol. The minimum absolute atomic E-state index is 0.795. The van der Waals surface area contributed by atoms with Crippen LogP contribution >= 0.6 is 0 Å². The molecule has 0 aliphatic rings. The number of hydrogen-bond acceptors (Lipinski definition) is 2. The van der Waals surface area contributed by atoms with E-state index >= 15 is 0 Å². The number of para-hydroxylation sites is 2. The van der Waals surface area contributed by atoms with Crippen molar-refractivity contribution in [2.45, 2.75) is 6.92 Å². The van der Waals surface area contributed by atoms with E-state index in [0.717, 1.165) is 17.9 Å². The van der Waals surface area contributed by atoms with Crippen molar-refractivity contribution in [3.8, 4) is 5.75 Å². The SMILES string of the molecule is COc1ccccc1C=CCNc1ccccc1C. The topological polar surface area (TPSA) is 21.3 Å². The fraction of sp³-hybridized carbons (Fsp3) is 0.176. The summed E-state index contributed by atoms with van der Waals surface area (Å²) in [6.45, 7) is 2.90. The summed E-state index contributed by atoms with van der Waals surface area (Å²) >= 11 is 0. The normalized spacial score (nSPS) is 10.6. The maximum Gasteiger partial charge on any atom is 0.126 e. The van der Waals surface area contributed by atoms with Crippen molar-refractivity contribution in [2.75, 3.05) is 19.0 Å². The molecule has 0 fully saturated rings. The van der Waals surface area contributed by atoms with Gasteiger partial charge in [0.25, 0.3) is 0 Å². The van der Waals surface area contributed by atoms with Crippen LogP contribution in [0.2, 0.25) is 0 Å². The number of nitrogens with one attached hydrogen (secondary N) is 1. The summed E-state index contributed by atoms with van der Waals surface area (Å²) in [5, 5.41) is 3.39. The zero-order valence-corrected chi connectivity index (χ0v) is 11.4. The summed E-state index contributed by atoms with van der Waals surface area (Å²) in [6.07, 6.45) is 4.18. The Kier molecular flexibility index (Phi) is 4.62. The Morgan fingerprint density at radius 2 is 1.79 bits per heavy atom. The first kappa shape index (κ1) is 13.2. The van der Waals surface area contributed by atoms with Crippen molar-refractivity contribution in [1.82, 2.24) is 0 Å². The molecule has 2 heteroatoms. The van der Waals surface area contributed by atoms with Gasteiger partial charge in [-0.05, 0) is 24.6 Å². The van der Waals surface area contributed by atoms with E-state index in [-0.39, 0.29) is 0 Å². The molecule has 2 aromatic rings. The van der Waals surface area contributed by atoms with Gasteiger partial charge in [0.2, 0.25) is 0 Å². The molecule has 2 aromatic carbocycles. The number of benzene rings is 2. The first-order valence-electron chi connectivity index (χ1n) is 6.40. The highest BCUT2D eigenvalue weighted by atomic mass is 16.5. The molecule has 0 aliphatic carbocycles. The molecule has 0 atom stereocenters. The minimum Gasteiger partial charge on any atom is -0.496 e. The van der Waals surface area contributed by atoms with Gasteiger partial charge in [-0.1, -0.05) is 48.6 Å². The Hall–Kier alpha value is -2.22. The Morgan fingerprint density at radius 1 is 1.05 bits per heavy atom. The smallest absolute Gasteiger partial charge is 0.126 e. The van der Waals surface area contributed by atoms with Crippen molar-refractivity contribution in [3.05, 3.63) is 65.7 Å². The molecular formula is C17H19NO. The molecule has 19 heavy (non-hydrogen) atoms. The van der Waals surface area contributed by atoms with Crippen LogP contribution in [-0.4, -0.2) is 13.7 Å². The van der Waals surface area contributed by atoms with Gasteiger partial charge in [0.15, 0.2) is 0 Å². The molecule has 2 nitrogen and oxygen atoms in total. The van der Waals surface area contributed by atoms with E-state index < -0.39 is 0 Å². The molecule has 0 saturated heterocycles. The van der Waals surface area contributed by atoms with Crippen LogP contribution < -0.4 is 10.1 Å². The second-order valence-electron chi connectivity index (χ2n) is 4.34. The number of rotatable bonds is 5. The summed E-state index contributed by atoms with van der Waals surface area (Å²) < 4.78 is 5.31. The lowest BCUT2D eigenvalue weighted by atomic mass is 10.2. The Bertz CT molecular complexity index is 561. The van der Waals surface area contributed by atoms with E-state index in [0.29, 0.717) is 0 Å². The quantitative estimate of drug-likeness (QED) is 0.865. The largest absolute Gasteiger partial charge is 0.496 e. The van der Waals surface area contributed by atoms with Gasteiger partial charge in [0.1, 0.15) is 5.75 Å². The highest BCUT2D eigenvalue weighted by Crippen LogP contribution is 2.18. The van der Waals surface area contributed by atoms with E-state index in [9.17, 15) is 0 Å². The third kappa shape index (κ3) is 3.62. The highest BCUT2D eigenvalue weighted by Gasteiger charge is 1.96. The van der Waals surface area contributed by atoms with Crippen molar-refractivity contribution in [3.63, 3.8) is 0 Å². The van der Waals surface area contributed by atoms with E-state index in [1.807, 2.05) is 36.4 Å². The van der Waals surface area contributed by atoms with Crippen LogP contribution in [0.4, 0.5) is 5.69 Å². The second kappa shape index (κ2) is 6.64. The molecule has 0 radical (unpaired) electrons.